The van der Waals surface area contributed by atoms with Crippen LogP contribution in [0.3, 0.4) is 0 Å². The van der Waals surface area contributed by atoms with Crippen molar-refractivity contribution in [3.05, 3.63) is 11.8 Å². The number of nitrogens with one attached hydrogen (secondary N) is 1. The van der Waals surface area contributed by atoms with E-state index in [2.05, 4.69) is 5.32 Å². The van der Waals surface area contributed by atoms with Crippen LogP contribution in [0.2, 0.25) is 0 Å². The summed E-state index contributed by atoms with van der Waals surface area (Å²) in [4.78, 5) is 11.8. The van der Waals surface area contributed by atoms with E-state index in [1.165, 1.54) is 0 Å². The standard InChI is InChI=1S/C11H19NO2/c1-3-12-7-9(2)11(13)10-5-4-6-14-8-10/h8-9,12H,3-7H2,1-2H3. The molecule has 3 nitrogen and oxygen atoms in total. The molecule has 1 atom stereocenters. The highest BCUT2D eigenvalue weighted by atomic mass is 16.5. The second-order valence-corrected chi connectivity index (χ2v) is 3.69. The van der Waals surface area contributed by atoms with E-state index < -0.39 is 0 Å². The van der Waals surface area contributed by atoms with Gasteiger partial charge < -0.3 is 10.1 Å². The molecule has 1 heterocycles. The minimum absolute atomic E-state index is 0.0582. The highest BCUT2D eigenvalue weighted by molar-refractivity contribution is 5.96. The van der Waals surface area contributed by atoms with Crippen LogP contribution in [0, 0.1) is 5.92 Å². The Morgan fingerprint density at radius 2 is 2.50 bits per heavy atom. The zero-order valence-electron chi connectivity index (χ0n) is 9.01. The highest BCUT2D eigenvalue weighted by Gasteiger charge is 2.19. The predicted molar refractivity (Wildman–Crippen MR) is 56.0 cm³/mol. The zero-order valence-corrected chi connectivity index (χ0v) is 9.01. The quantitative estimate of drug-likeness (QED) is 0.725. The SMILES string of the molecule is CCNCC(C)C(=O)C1=COCCC1. The average molecular weight is 197 g/mol. The number of allylic oxidation sites excluding steroid dienone is 1. The van der Waals surface area contributed by atoms with Crippen molar-refractivity contribution in [2.24, 2.45) is 5.92 Å². The van der Waals surface area contributed by atoms with Crippen molar-refractivity contribution >= 4 is 5.78 Å². The number of ether oxygens (including phenoxy) is 1. The number of hydrogen-bond acceptors (Lipinski definition) is 3. The molecular formula is C11H19NO2. The van der Waals surface area contributed by atoms with Gasteiger partial charge in [0, 0.05) is 18.0 Å². The Balaban J connectivity index is 2.42. The van der Waals surface area contributed by atoms with Gasteiger partial charge in [0.15, 0.2) is 5.78 Å². The maximum absolute atomic E-state index is 11.8. The molecule has 0 saturated heterocycles. The third-order valence-corrected chi connectivity index (χ3v) is 2.40. The van der Waals surface area contributed by atoms with Gasteiger partial charge in [-0.05, 0) is 19.4 Å². The zero-order chi connectivity index (χ0) is 10.4. The molecule has 0 aliphatic carbocycles. The summed E-state index contributed by atoms with van der Waals surface area (Å²) in [5.41, 5.74) is 0.849. The van der Waals surface area contributed by atoms with Crippen molar-refractivity contribution in [1.82, 2.24) is 5.32 Å². The molecule has 1 unspecified atom stereocenters. The van der Waals surface area contributed by atoms with Crippen LogP contribution >= 0.6 is 0 Å². The number of carbonyl (C=O) groups excluding carboxylic acids is 1. The normalized spacial score (nSPS) is 18.3. The Kier molecular flexibility index (Phi) is 4.66. The molecule has 0 aromatic heterocycles. The lowest BCUT2D eigenvalue weighted by Crippen LogP contribution is -2.27. The maximum atomic E-state index is 11.8. The van der Waals surface area contributed by atoms with Gasteiger partial charge in [-0.25, -0.2) is 0 Å². The molecule has 0 fully saturated rings. The van der Waals surface area contributed by atoms with E-state index in [4.69, 9.17) is 4.74 Å². The van der Waals surface area contributed by atoms with E-state index in [9.17, 15) is 4.79 Å². The van der Waals surface area contributed by atoms with E-state index >= 15 is 0 Å². The van der Waals surface area contributed by atoms with Crippen molar-refractivity contribution in [2.75, 3.05) is 19.7 Å². The van der Waals surface area contributed by atoms with Crippen LogP contribution in [0.25, 0.3) is 0 Å². The summed E-state index contributed by atoms with van der Waals surface area (Å²) in [5.74, 6) is 0.286. The summed E-state index contributed by atoms with van der Waals surface area (Å²) < 4.78 is 5.15. The monoisotopic (exact) mass is 197 g/mol. The van der Waals surface area contributed by atoms with Gasteiger partial charge in [-0.1, -0.05) is 13.8 Å². The Hall–Kier alpha value is -0.830. The van der Waals surface area contributed by atoms with Gasteiger partial charge in [0.05, 0.1) is 12.9 Å². The lowest BCUT2D eigenvalue weighted by molar-refractivity contribution is -0.119. The summed E-state index contributed by atoms with van der Waals surface area (Å²) >= 11 is 0. The van der Waals surface area contributed by atoms with Crippen LogP contribution in [-0.2, 0) is 9.53 Å². The van der Waals surface area contributed by atoms with E-state index in [1.807, 2.05) is 13.8 Å². The molecule has 1 N–H and O–H groups in total. The van der Waals surface area contributed by atoms with E-state index in [-0.39, 0.29) is 11.7 Å². The smallest absolute Gasteiger partial charge is 0.165 e. The number of rotatable bonds is 5. The molecule has 1 rings (SSSR count). The number of hydrogen-bond donors (Lipinski definition) is 1. The first kappa shape index (κ1) is 11.2. The van der Waals surface area contributed by atoms with Crippen molar-refractivity contribution in [3.8, 4) is 0 Å². The molecule has 0 aromatic carbocycles. The molecule has 0 amide bonds. The summed E-state index contributed by atoms with van der Waals surface area (Å²) in [7, 11) is 0. The average Bonchev–Trinajstić information content (AvgIpc) is 2.26. The van der Waals surface area contributed by atoms with Crippen molar-refractivity contribution in [2.45, 2.75) is 26.7 Å². The first-order valence-corrected chi connectivity index (χ1v) is 5.31. The topological polar surface area (TPSA) is 38.3 Å². The minimum Gasteiger partial charge on any atom is -0.501 e. The number of carbonyl (C=O) groups is 1. The van der Waals surface area contributed by atoms with Gasteiger partial charge in [-0.15, -0.1) is 0 Å². The molecule has 0 aromatic rings. The van der Waals surface area contributed by atoms with Gasteiger partial charge >= 0.3 is 0 Å². The first-order valence-electron chi connectivity index (χ1n) is 5.31. The minimum atomic E-state index is 0.0582. The summed E-state index contributed by atoms with van der Waals surface area (Å²) in [6, 6.07) is 0. The summed E-state index contributed by atoms with van der Waals surface area (Å²) in [5, 5.41) is 3.18. The Morgan fingerprint density at radius 3 is 3.07 bits per heavy atom. The molecule has 1 aliphatic rings. The predicted octanol–water partition coefficient (Wildman–Crippen LogP) is 1.50. The Bertz CT molecular complexity index is 223. The molecule has 0 radical (unpaired) electrons. The molecular weight excluding hydrogens is 178 g/mol. The summed E-state index contributed by atoms with van der Waals surface area (Å²) in [6.45, 7) is 6.42. The highest BCUT2D eigenvalue weighted by Crippen LogP contribution is 2.16. The summed E-state index contributed by atoms with van der Waals surface area (Å²) in [6.07, 6.45) is 3.47. The van der Waals surface area contributed by atoms with Crippen LogP contribution in [0.4, 0.5) is 0 Å². The second-order valence-electron chi connectivity index (χ2n) is 3.69. The lowest BCUT2D eigenvalue weighted by atomic mass is 9.96. The fourth-order valence-electron chi connectivity index (χ4n) is 1.52. The Morgan fingerprint density at radius 1 is 1.71 bits per heavy atom. The molecule has 1 aliphatic heterocycles. The largest absolute Gasteiger partial charge is 0.501 e. The molecule has 80 valence electrons. The van der Waals surface area contributed by atoms with E-state index in [0.717, 1.165) is 38.1 Å². The molecule has 0 spiro atoms. The number of Topliss-reactive ketones (excluding diaryl/α,β-unsaturated/α-hetero) is 1. The number of ketones is 1. The van der Waals surface area contributed by atoms with Crippen LogP contribution in [-0.4, -0.2) is 25.5 Å². The van der Waals surface area contributed by atoms with Crippen LogP contribution in [0.5, 0.6) is 0 Å². The third kappa shape index (κ3) is 3.14. The lowest BCUT2D eigenvalue weighted by Gasteiger charge is -2.16. The van der Waals surface area contributed by atoms with E-state index in [1.54, 1.807) is 6.26 Å². The third-order valence-electron chi connectivity index (χ3n) is 2.40. The van der Waals surface area contributed by atoms with Gasteiger partial charge in [0.25, 0.3) is 0 Å². The fourth-order valence-corrected chi connectivity index (χ4v) is 1.52. The van der Waals surface area contributed by atoms with Gasteiger partial charge in [-0.3, -0.25) is 4.79 Å². The van der Waals surface area contributed by atoms with Crippen molar-refractivity contribution < 1.29 is 9.53 Å². The van der Waals surface area contributed by atoms with Crippen LogP contribution in [0.15, 0.2) is 11.8 Å². The van der Waals surface area contributed by atoms with Gasteiger partial charge in [0.2, 0.25) is 0 Å². The van der Waals surface area contributed by atoms with Crippen molar-refractivity contribution in [1.29, 1.82) is 0 Å². The van der Waals surface area contributed by atoms with Crippen LogP contribution < -0.4 is 5.32 Å². The van der Waals surface area contributed by atoms with Crippen LogP contribution in [0.1, 0.15) is 26.7 Å². The molecule has 0 bridgehead atoms. The van der Waals surface area contributed by atoms with Crippen molar-refractivity contribution in [3.63, 3.8) is 0 Å². The van der Waals surface area contributed by atoms with Gasteiger partial charge in [-0.2, -0.15) is 0 Å². The molecule has 0 saturated carbocycles. The first-order chi connectivity index (χ1) is 6.75. The van der Waals surface area contributed by atoms with Gasteiger partial charge in [0.1, 0.15) is 0 Å². The second kappa shape index (κ2) is 5.81. The fraction of sp³-hybridized carbons (Fsp3) is 0.727. The van der Waals surface area contributed by atoms with E-state index in [0.29, 0.717) is 0 Å². The maximum Gasteiger partial charge on any atom is 0.165 e. The molecule has 3 heteroatoms. The Labute approximate surface area is 85.5 Å². The molecule has 14 heavy (non-hydrogen) atoms.